The van der Waals surface area contributed by atoms with Crippen LogP contribution in [0.15, 0.2) is 18.5 Å². The molecule has 3 aromatic rings. The van der Waals surface area contributed by atoms with Crippen molar-refractivity contribution in [3.05, 3.63) is 34.7 Å². The minimum absolute atomic E-state index is 0.744. The molecule has 0 fully saturated rings. The summed E-state index contributed by atoms with van der Waals surface area (Å²) in [5.74, 6) is 1.52. The highest BCUT2D eigenvalue weighted by atomic mass is 32.1. The second kappa shape index (κ2) is 5.63. The lowest BCUT2D eigenvalue weighted by Gasteiger charge is -2.21. The molecule has 4 rings (SSSR count). The molecule has 6 heteroatoms. The van der Waals surface area contributed by atoms with Gasteiger partial charge in [0.25, 0.3) is 0 Å². The first-order valence-corrected chi connectivity index (χ1v) is 8.68. The highest BCUT2D eigenvalue weighted by Crippen LogP contribution is 2.43. The standard InChI is InChI=1S/C18H19N3O2S/c1-10-18(24-11(2)20-10)16-17-13-8-15(23-4)14(22-3)7-12(13)5-6-21(17)9-19-16/h7-9H,5-6H2,1-4H3. The van der Waals surface area contributed by atoms with Crippen LogP contribution >= 0.6 is 11.3 Å². The Kier molecular flexibility index (Phi) is 3.57. The molecule has 0 aliphatic carbocycles. The molecule has 0 saturated heterocycles. The maximum atomic E-state index is 5.50. The van der Waals surface area contributed by atoms with E-state index in [4.69, 9.17) is 14.5 Å². The van der Waals surface area contributed by atoms with Gasteiger partial charge in [0.1, 0.15) is 5.69 Å². The summed E-state index contributed by atoms with van der Waals surface area (Å²) in [5.41, 5.74) is 5.61. The van der Waals surface area contributed by atoms with Crippen LogP contribution in [-0.4, -0.2) is 28.8 Å². The number of thiazole rings is 1. The van der Waals surface area contributed by atoms with Crippen molar-refractivity contribution >= 4 is 11.3 Å². The van der Waals surface area contributed by atoms with Gasteiger partial charge in [-0.15, -0.1) is 11.3 Å². The number of aryl methyl sites for hydroxylation is 4. The van der Waals surface area contributed by atoms with Gasteiger partial charge in [0, 0.05) is 12.1 Å². The van der Waals surface area contributed by atoms with Crippen molar-refractivity contribution in [2.75, 3.05) is 14.2 Å². The molecule has 2 aromatic heterocycles. The van der Waals surface area contributed by atoms with Gasteiger partial charge in [-0.2, -0.15) is 0 Å². The SMILES string of the molecule is COc1cc2c(cc1OC)-c1c(-c3sc(C)nc3C)ncn1CC2. The fraction of sp³-hybridized carbons (Fsp3) is 0.333. The van der Waals surface area contributed by atoms with E-state index in [0.717, 1.165) is 57.0 Å². The van der Waals surface area contributed by atoms with Crippen LogP contribution in [0.3, 0.4) is 0 Å². The average molecular weight is 341 g/mol. The summed E-state index contributed by atoms with van der Waals surface area (Å²) in [6, 6.07) is 4.15. The number of nitrogens with zero attached hydrogens (tertiary/aromatic N) is 3. The number of hydrogen-bond donors (Lipinski definition) is 0. The molecule has 1 aliphatic rings. The van der Waals surface area contributed by atoms with Crippen LogP contribution in [-0.2, 0) is 13.0 Å². The molecular formula is C18H19N3O2S. The van der Waals surface area contributed by atoms with Gasteiger partial charge in [-0.3, -0.25) is 0 Å². The number of benzene rings is 1. The van der Waals surface area contributed by atoms with Gasteiger partial charge >= 0.3 is 0 Å². The van der Waals surface area contributed by atoms with Gasteiger partial charge in [0.05, 0.1) is 41.8 Å². The summed E-state index contributed by atoms with van der Waals surface area (Å²) in [6.07, 6.45) is 2.89. The Hall–Kier alpha value is -2.34. The largest absolute Gasteiger partial charge is 0.493 e. The van der Waals surface area contributed by atoms with E-state index in [0.29, 0.717) is 0 Å². The van der Waals surface area contributed by atoms with Crippen LogP contribution < -0.4 is 9.47 Å². The maximum Gasteiger partial charge on any atom is 0.161 e. The average Bonchev–Trinajstić information content (AvgIpc) is 3.15. The smallest absolute Gasteiger partial charge is 0.161 e. The lowest BCUT2D eigenvalue weighted by molar-refractivity contribution is 0.354. The van der Waals surface area contributed by atoms with Crippen molar-refractivity contribution in [3.63, 3.8) is 0 Å². The van der Waals surface area contributed by atoms with E-state index in [9.17, 15) is 0 Å². The second-order valence-electron chi connectivity index (χ2n) is 5.90. The van der Waals surface area contributed by atoms with Crippen LogP contribution in [0, 0.1) is 13.8 Å². The maximum absolute atomic E-state index is 5.50. The minimum atomic E-state index is 0.744. The number of imidazole rings is 1. The molecule has 5 nitrogen and oxygen atoms in total. The van der Waals surface area contributed by atoms with Crippen LogP contribution in [0.1, 0.15) is 16.3 Å². The normalized spacial score (nSPS) is 12.7. The molecule has 0 radical (unpaired) electrons. The van der Waals surface area contributed by atoms with Crippen molar-refractivity contribution in [2.45, 2.75) is 26.8 Å². The third kappa shape index (κ3) is 2.21. The lowest BCUT2D eigenvalue weighted by atomic mass is 9.96. The number of rotatable bonds is 3. The Balaban J connectivity index is 1.95. The van der Waals surface area contributed by atoms with Crippen LogP contribution in [0.4, 0.5) is 0 Å². The van der Waals surface area contributed by atoms with E-state index < -0.39 is 0 Å². The summed E-state index contributed by atoms with van der Waals surface area (Å²) >= 11 is 1.69. The Morgan fingerprint density at radius 2 is 1.88 bits per heavy atom. The molecule has 0 saturated carbocycles. The van der Waals surface area contributed by atoms with E-state index >= 15 is 0 Å². The van der Waals surface area contributed by atoms with E-state index in [1.54, 1.807) is 25.6 Å². The second-order valence-corrected chi connectivity index (χ2v) is 7.10. The molecule has 0 atom stereocenters. The zero-order chi connectivity index (χ0) is 16.8. The molecule has 1 aliphatic heterocycles. The van der Waals surface area contributed by atoms with Gasteiger partial charge in [-0.05, 0) is 38.0 Å². The first-order chi connectivity index (χ1) is 11.6. The number of aromatic nitrogens is 3. The van der Waals surface area contributed by atoms with Gasteiger partial charge in [-0.1, -0.05) is 0 Å². The van der Waals surface area contributed by atoms with E-state index in [-0.39, 0.29) is 0 Å². The number of methoxy groups -OCH3 is 2. The quantitative estimate of drug-likeness (QED) is 0.726. The fourth-order valence-electron chi connectivity index (χ4n) is 3.34. The summed E-state index contributed by atoms with van der Waals surface area (Å²) in [6.45, 7) is 5.00. The topological polar surface area (TPSA) is 49.2 Å². The fourth-order valence-corrected chi connectivity index (χ4v) is 4.26. The van der Waals surface area contributed by atoms with E-state index in [2.05, 4.69) is 21.7 Å². The summed E-state index contributed by atoms with van der Waals surface area (Å²) < 4.78 is 13.2. The summed E-state index contributed by atoms with van der Waals surface area (Å²) in [7, 11) is 3.34. The lowest BCUT2D eigenvalue weighted by Crippen LogP contribution is -2.10. The monoisotopic (exact) mass is 341 g/mol. The Labute approximate surface area is 144 Å². The van der Waals surface area contributed by atoms with E-state index in [1.165, 1.54) is 5.56 Å². The Morgan fingerprint density at radius 1 is 1.12 bits per heavy atom. The van der Waals surface area contributed by atoms with Crippen LogP contribution in [0.5, 0.6) is 11.5 Å². The highest BCUT2D eigenvalue weighted by molar-refractivity contribution is 7.15. The van der Waals surface area contributed by atoms with Crippen molar-refractivity contribution in [2.24, 2.45) is 0 Å². The third-order valence-corrected chi connectivity index (χ3v) is 5.52. The zero-order valence-corrected chi connectivity index (χ0v) is 15.0. The Bertz CT molecular complexity index is 927. The Morgan fingerprint density at radius 3 is 2.54 bits per heavy atom. The molecule has 24 heavy (non-hydrogen) atoms. The first kappa shape index (κ1) is 15.2. The van der Waals surface area contributed by atoms with Crippen LogP contribution in [0.25, 0.3) is 21.8 Å². The van der Waals surface area contributed by atoms with Gasteiger partial charge < -0.3 is 14.0 Å². The number of ether oxygens (including phenoxy) is 2. The third-order valence-electron chi connectivity index (χ3n) is 4.44. The minimum Gasteiger partial charge on any atom is -0.493 e. The van der Waals surface area contributed by atoms with Crippen LogP contribution in [0.2, 0.25) is 0 Å². The van der Waals surface area contributed by atoms with Crippen molar-refractivity contribution in [3.8, 4) is 33.3 Å². The molecule has 0 bridgehead atoms. The number of fused-ring (bicyclic) bond motifs is 3. The summed E-state index contributed by atoms with van der Waals surface area (Å²) in [4.78, 5) is 10.4. The molecule has 3 heterocycles. The predicted octanol–water partition coefficient (Wildman–Crippen LogP) is 3.86. The van der Waals surface area contributed by atoms with E-state index in [1.807, 2.05) is 20.2 Å². The van der Waals surface area contributed by atoms with Gasteiger partial charge in [0.2, 0.25) is 0 Å². The van der Waals surface area contributed by atoms with Crippen molar-refractivity contribution in [1.82, 2.24) is 14.5 Å². The zero-order valence-electron chi connectivity index (χ0n) is 14.2. The van der Waals surface area contributed by atoms with Gasteiger partial charge in [-0.25, -0.2) is 9.97 Å². The number of hydrogen-bond acceptors (Lipinski definition) is 5. The predicted molar refractivity (Wildman–Crippen MR) is 95.1 cm³/mol. The molecular weight excluding hydrogens is 322 g/mol. The highest BCUT2D eigenvalue weighted by Gasteiger charge is 2.25. The molecule has 0 N–H and O–H groups in total. The summed E-state index contributed by atoms with van der Waals surface area (Å²) in [5, 5.41) is 1.06. The molecule has 0 spiro atoms. The van der Waals surface area contributed by atoms with Crippen molar-refractivity contribution < 1.29 is 9.47 Å². The van der Waals surface area contributed by atoms with Crippen molar-refractivity contribution in [1.29, 1.82) is 0 Å². The molecule has 0 amide bonds. The molecule has 124 valence electrons. The molecule has 0 unspecified atom stereocenters. The van der Waals surface area contributed by atoms with Gasteiger partial charge in [0.15, 0.2) is 11.5 Å². The molecule has 1 aromatic carbocycles. The first-order valence-electron chi connectivity index (χ1n) is 7.87.